The lowest BCUT2D eigenvalue weighted by Gasteiger charge is -2.26. The Kier molecular flexibility index (Phi) is 8.50. The highest BCUT2D eigenvalue weighted by Gasteiger charge is 2.35. The molecule has 0 saturated carbocycles. The number of nitrogens with zero attached hydrogens (tertiary/aromatic N) is 3. The van der Waals surface area contributed by atoms with Crippen LogP contribution in [0.4, 0.5) is 5.69 Å². The topological polar surface area (TPSA) is 73.1 Å². The summed E-state index contributed by atoms with van der Waals surface area (Å²) in [6.07, 6.45) is 1.89. The molecule has 5 rings (SSSR count). The average molecular weight is 568 g/mol. The van der Waals surface area contributed by atoms with Crippen molar-refractivity contribution in [2.24, 2.45) is 4.99 Å². The molecule has 4 aromatic rings. The van der Waals surface area contributed by atoms with Crippen LogP contribution < -0.4 is 24.5 Å². The minimum Gasteiger partial charge on any atom is -0.497 e. The van der Waals surface area contributed by atoms with Crippen molar-refractivity contribution in [2.75, 3.05) is 31.7 Å². The maximum absolute atomic E-state index is 14.0. The van der Waals surface area contributed by atoms with E-state index in [4.69, 9.17) is 14.5 Å². The number of fused-ring (bicyclic) bond motifs is 1. The van der Waals surface area contributed by atoms with Crippen molar-refractivity contribution in [1.82, 2.24) is 4.57 Å². The number of hydrogen-bond donors (Lipinski definition) is 0. The van der Waals surface area contributed by atoms with Crippen molar-refractivity contribution >= 4 is 34.8 Å². The number of hydrogen-bond acceptors (Lipinski definition) is 7. The second kappa shape index (κ2) is 12.4. The zero-order chi connectivity index (χ0) is 28.9. The number of aromatic nitrogens is 1. The number of ether oxygens (including phenoxy) is 2. The van der Waals surface area contributed by atoms with Gasteiger partial charge in [-0.2, -0.15) is 0 Å². The van der Waals surface area contributed by atoms with Gasteiger partial charge in [-0.15, -0.1) is 0 Å². The molecule has 8 heteroatoms. The molecule has 1 aliphatic heterocycles. The van der Waals surface area contributed by atoms with E-state index in [9.17, 15) is 9.59 Å². The van der Waals surface area contributed by atoms with Crippen molar-refractivity contribution in [1.29, 1.82) is 0 Å². The van der Waals surface area contributed by atoms with Crippen LogP contribution in [0.2, 0.25) is 0 Å². The molecule has 0 N–H and O–H groups in total. The lowest BCUT2D eigenvalue weighted by Crippen LogP contribution is -2.40. The molecule has 0 spiro atoms. The Morgan fingerprint density at radius 3 is 2.27 bits per heavy atom. The van der Waals surface area contributed by atoms with Gasteiger partial charge < -0.3 is 14.4 Å². The van der Waals surface area contributed by atoms with Crippen LogP contribution in [0.1, 0.15) is 43.5 Å². The number of anilines is 1. The number of thiazole rings is 1. The molecule has 0 fully saturated rings. The normalized spacial score (nSPS) is 14.8. The van der Waals surface area contributed by atoms with Gasteiger partial charge >= 0.3 is 5.97 Å². The number of methoxy groups -OCH3 is 1. The van der Waals surface area contributed by atoms with Gasteiger partial charge in [0.25, 0.3) is 5.56 Å². The van der Waals surface area contributed by atoms with Gasteiger partial charge in [0.05, 0.1) is 35.6 Å². The molecule has 1 aromatic heterocycles. The van der Waals surface area contributed by atoms with Crippen LogP contribution in [-0.2, 0) is 9.53 Å². The van der Waals surface area contributed by atoms with E-state index in [-0.39, 0.29) is 12.2 Å². The summed E-state index contributed by atoms with van der Waals surface area (Å²) in [5.74, 6) is 0.177. The molecule has 2 heterocycles. The van der Waals surface area contributed by atoms with Gasteiger partial charge in [0.1, 0.15) is 5.75 Å². The van der Waals surface area contributed by atoms with Gasteiger partial charge in [-0.25, -0.2) is 9.79 Å². The zero-order valence-electron chi connectivity index (χ0n) is 23.7. The van der Waals surface area contributed by atoms with Crippen LogP contribution in [0.3, 0.4) is 0 Å². The third-order valence-electron chi connectivity index (χ3n) is 7.12. The molecule has 3 aromatic carbocycles. The van der Waals surface area contributed by atoms with Crippen LogP contribution >= 0.6 is 11.3 Å². The molecule has 0 radical (unpaired) electrons. The van der Waals surface area contributed by atoms with E-state index >= 15 is 0 Å². The summed E-state index contributed by atoms with van der Waals surface area (Å²) in [5.41, 5.74) is 4.20. The summed E-state index contributed by atoms with van der Waals surface area (Å²) >= 11 is 1.31. The van der Waals surface area contributed by atoms with E-state index in [1.54, 1.807) is 18.6 Å². The lowest BCUT2D eigenvalue weighted by molar-refractivity contribution is -0.138. The fourth-order valence-electron chi connectivity index (χ4n) is 5.06. The molecule has 0 aliphatic carbocycles. The summed E-state index contributed by atoms with van der Waals surface area (Å²) in [4.78, 5) is 35.3. The predicted octanol–water partition coefficient (Wildman–Crippen LogP) is 4.79. The number of esters is 1. The number of carbonyl (C=O) groups is 1. The highest BCUT2D eigenvalue weighted by atomic mass is 32.1. The summed E-state index contributed by atoms with van der Waals surface area (Å²) in [6, 6.07) is 24.4. The third kappa shape index (κ3) is 5.60. The highest BCUT2D eigenvalue weighted by Crippen LogP contribution is 2.35. The minimum atomic E-state index is -0.724. The molecule has 0 bridgehead atoms. The Morgan fingerprint density at radius 2 is 1.66 bits per heavy atom. The van der Waals surface area contributed by atoms with E-state index in [1.165, 1.54) is 11.3 Å². The van der Waals surface area contributed by atoms with Crippen molar-refractivity contribution in [3.8, 4) is 5.75 Å². The van der Waals surface area contributed by atoms with Crippen LogP contribution in [0.5, 0.6) is 5.75 Å². The Morgan fingerprint density at radius 1 is 0.976 bits per heavy atom. The molecular weight excluding hydrogens is 534 g/mol. The predicted molar refractivity (Wildman–Crippen MR) is 164 cm³/mol. The maximum Gasteiger partial charge on any atom is 0.338 e. The quantitative estimate of drug-likeness (QED) is 0.272. The molecule has 0 saturated heterocycles. The fraction of sp³-hybridized carbons (Fsp3) is 0.242. The lowest BCUT2D eigenvalue weighted by atomic mass is 9.93. The van der Waals surface area contributed by atoms with Crippen molar-refractivity contribution in [2.45, 2.75) is 26.8 Å². The second-order valence-electron chi connectivity index (χ2n) is 9.47. The SMILES string of the molecule is CCOC(=O)C1=C(c2ccccc2)N=c2s/c(=C\c3ccc(N(CC)CC)cc3)c(=O)n2[C@@H]1c1ccc(OC)cc1. The zero-order valence-corrected chi connectivity index (χ0v) is 24.5. The smallest absolute Gasteiger partial charge is 0.338 e. The summed E-state index contributed by atoms with van der Waals surface area (Å²) < 4.78 is 13.0. The van der Waals surface area contributed by atoms with Gasteiger partial charge in [-0.05, 0) is 62.2 Å². The molecule has 7 nitrogen and oxygen atoms in total. The maximum atomic E-state index is 14.0. The first-order chi connectivity index (χ1) is 20.0. The van der Waals surface area contributed by atoms with E-state index < -0.39 is 12.0 Å². The summed E-state index contributed by atoms with van der Waals surface area (Å²) in [6.45, 7) is 8.08. The molecule has 0 unspecified atom stereocenters. The highest BCUT2D eigenvalue weighted by molar-refractivity contribution is 7.07. The van der Waals surface area contributed by atoms with Gasteiger partial charge in [0, 0.05) is 24.3 Å². The van der Waals surface area contributed by atoms with Gasteiger partial charge in [-0.1, -0.05) is 65.9 Å². The van der Waals surface area contributed by atoms with E-state index in [0.29, 0.717) is 26.4 Å². The van der Waals surface area contributed by atoms with Crippen LogP contribution in [0, 0.1) is 0 Å². The fourth-order valence-corrected chi connectivity index (χ4v) is 6.06. The molecule has 1 atom stereocenters. The van der Waals surface area contributed by atoms with Crippen molar-refractivity contribution < 1.29 is 14.3 Å². The molecular formula is C33H33N3O4S. The van der Waals surface area contributed by atoms with Crippen molar-refractivity contribution in [3.05, 3.63) is 121 Å². The van der Waals surface area contributed by atoms with Crippen LogP contribution in [0.25, 0.3) is 11.8 Å². The molecule has 41 heavy (non-hydrogen) atoms. The molecule has 210 valence electrons. The Labute approximate surface area is 243 Å². The van der Waals surface area contributed by atoms with E-state index in [2.05, 4.69) is 30.9 Å². The molecule has 0 amide bonds. The number of carbonyl (C=O) groups excluding carboxylic acids is 1. The van der Waals surface area contributed by atoms with Crippen LogP contribution in [-0.4, -0.2) is 37.3 Å². The van der Waals surface area contributed by atoms with Gasteiger partial charge in [0.15, 0.2) is 4.80 Å². The van der Waals surface area contributed by atoms with Crippen molar-refractivity contribution in [3.63, 3.8) is 0 Å². The Bertz CT molecular complexity index is 1730. The third-order valence-corrected chi connectivity index (χ3v) is 8.11. The first-order valence-corrected chi connectivity index (χ1v) is 14.6. The monoisotopic (exact) mass is 567 g/mol. The largest absolute Gasteiger partial charge is 0.497 e. The van der Waals surface area contributed by atoms with Crippen LogP contribution in [0.15, 0.2) is 94.2 Å². The Hall–Kier alpha value is -4.43. The van der Waals surface area contributed by atoms with Gasteiger partial charge in [0.2, 0.25) is 0 Å². The standard InChI is InChI=1S/C33H33N3O4S/c1-5-35(6-2)25-17-13-22(14-18-25)21-27-31(37)36-30(24-15-19-26(39-4)20-16-24)28(32(38)40-7-3)29(34-33(36)41-27)23-11-9-8-10-12-23/h8-21,30H,5-7H2,1-4H3/b27-21-/t30-/m1/s1. The number of rotatable bonds is 9. The second-order valence-corrected chi connectivity index (χ2v) is 10.5. The minimum absolute atomic E-state index is 0.202. The first kappa shape index (κ1) is 28.1. The summed E-state index contributed by atoms with van der Waals surface area (Å²) in [5, 5.41) is 0. The Balaban J connectivity index is 1.73. The first-order valence-electron chi connectivity index (χ1n) is 13.8. The molecule has 1 aliphatic rings. The summed E-state index contributed by atoms with van der Waals surface area (Å²) in [7, 11) is 1.60. The van der Waals surface area contributed by atoms with Gasteiger partial charge in [-0.3, -0.25) is 9.36 Å². The average Bonchev–Trinajstić information content (AvgIpc) is 3.32. The number of benzene rings is 3. The van der Waals surface area contributed by atoms with E-state index in [1.807, 2.05) is 72.8 Å². The van der Waals surface area contributed by atoms with E-state index in [0.717, 1.165) is 35.5 Å².